The fourth-order valence-electron chi connectivity index (χ4n) is 5.21. The molecule has 4 aromatic rings. The lowest BCUT2D eigenvalue weighted by Crippen LogP contribution is -2.34. The second kappa shape index (κ2) is 11.9. The molecule has 0 radical (unpaired) electrons. The smallest absolute Gasteiger partial charge is 0.308 e. The number of nitrogens with zero attached hydrogens (tertiary/aromatic N) is 4. The highest BCUT2D eigenvalue weighted by Gasteiger charge is 2.20. The van der Waals surface area contributed by atoms with Crippen molar-refractivity contribution in [3.05, 3.63) is 94.5 Å². The van der Waals surface area contributed by atoms with Crippen LogP contribution in [0, 0.1) is 13.8 Å². The van der Waals surface area contributed by atoms with Crippen molar-refractivity contribution in [2.45, 2.75) is 58.4 Å². The average molecular weight is 524 g/mol. The summed E-state index contributed by atoms with van der Waals surface area (Å²) in [6.07, 6.45) is 6.32. The predicted molar refractivity (Wildman–Crippen MR) is 152 cm³/mol. The first-order valence-electron chi connectivity index (χ1n) is 13.3. The molecule has 39 heavy (non-hydrogen) atoms. The minimum absolute atomic E-state index is 0.106. The van der Waals surface area contributed by atoms with Crippen molar-refractivity contribution in [2.24, 2.45) is 0 Å². The summed E-state index contributed by atoms with van der Waals surface area (Å²) >= 11 is 0. The Morgan fingerprint density at radius 1 is 0.897 bits per heavy atom. The van der Waals surface area contributed by atoms with Crippen molar-refractivity contribution in [3.63, 3.8) is 0 Å². The van der Waals surface area contributed by atoms with Gasteiger partial charge >= 0.3 is 6.03 Å². The van der Waals surface area contributed by atoms with Gasteiger partial charge < -0.3 is 5.32 Å². The number of anilines is 3. The largest absolute Gasteiger partial charge is 0.326 e. The van der Waals surface area contributed by atoms with Gasteiger partial charge in [0.05, 0.1) is 6.54 Å². The van der Waals surface area contributed by atoms with Gasteiger partial charge in [-0.3, -0.25) is 15.0 Å². The molecule has 1 saturated carbocycles. The van der Waals surface area contributed by atoms with Crippen molar-refractivity contribution in [1.82, 2.24) is 20.6 Å². The van der Waals surface area contributed by atoms with E-state index < -0.39 is 0 Å². The molecule has 3 N–H and O–H groups in total. The van der Waals surface area contributed by atoms with Gasteiger partial charge in [0.15, 0.2) is 0 Å². The fourth-order valence-corrected chi connectivity index (χ4v) is 5.21. The number of nitrogens with one attached hydrogen (secondary N) is 3. The van der Waals surface area contributed by atoms with E-state index in [1.54, 1.807) is 17.0 Å². The maximum Gasteiger partial charge on any atom is 0.326 e. The molecule has 0 bridgehead atoms. The summed E-state index contributed by atoms with van der Waals surface area (Å²) in [4.78, 5) is 27.8. The van der Waals surface area contributed by atoms with Crippen LogP contribution in [0.4, 0.5) is 22.1 Å². The summed E-state index contributed by atoms with van der Waals surface area (Å²) in [7, 11) is 0. The van der Waals surface area contributed by atoms with Crippen LogP contribution >= 0.6 is 0 Å². The Kier molecular flexibility index (Phi) is 7.96. The van der Waals surface area contributed by atoms with Crippen molar-refractivity contribution in [1.29, 1.82) is 0 Å². The Morgan fingerprint density at radius 2 is 1.59 bits per heavy atom. The Balaban J connectivity index is 1.36. The molecular formula is C30H33N7O2. The third-order valence-electron chi connectivity index (χ3n) is 7.13. The quantitative estimate of drug-likeness (QED) is 0.261. The average Bonchev–Trinajstić information content (AvgIpc) is 3.45. The number of benzene rings is 3. The number of carbonyl (C=O) groups excluding carboxylic acids is 2. The first kappa shape index (κ1) is 26.1. The van der Waals surface area contributed by atoms with Gasteiger partial charge in [0.25, 0.3) is 11.9 Å². The summed E-state index contributed by atoms with van der Waals surface area (Å²) in [5, 5.41) is 18.9. The van der Waals surface area contributed by atoms with E-state index in [0.29, 0.717) is 18.0 Å². The first-order chi connectivity index (χ1) is 18.9. The third-order valence-corrected chi connectivity index (χ3v) is 7.13. The monoisotopic (exact) mass is 523 g/mol. The van der Waals surface area contributed by atoms with E-state index in [9.17, 15) is 9.59 Å². The molecule has 200 valence electrons. The number of aryl methyl sites for hydroxylation is 2. The normalized spacial score (nSPS) is 13.6. The Hall–Kier alpha value is -4.53. The minimum atomic E-state index is -0.342. The number of H-pyrrole nitrogens is 1. The maximum atomic E-state index is 13.6. The summed E-state index contributed by atoms with van der Waals surface area (Å²) in [6, 6.07) is 21.3. The molecular weight excluding hydrogens is 490 g/mol. The van der Waals surface area contributed by atoms with Crippen molar-refractivity contribution in [2.75, 3.05) is 15.5 Å². The lowest BCUT2D eigenvalue weighted by atomic mass is 9.84. The summed E-state index contributed by atoms with van der Waals surface area (Å²) in [5.41, 5.74) is 6.42. The zero-order valence-electron chi connectivity index (χ0n) is 22.3. The van der Waals surface area contributed by atoms with Crippen LogP contribution in [0.2, 0.25) is 0 Å². The highest BCUT2D eigenvalue weighted by molar-refractivity contribution is 6.03. The van der Waals surface area contributed by atoms with Crippen LogP contribution in [0.1, 0.15) is 70.6 Å². The number of hydrogen-bond acceptors (Lipinski definition) is 5. The van der Waals surface area contributed by atoms with Gasteiger partial charge in [0, 0.05) is 16.9 Å². The van der Waals surface area contributed by atoms with Crippen molar-refractivity contribution in [3.8, 4) is 0 Å². The second-order valence-corrected chi connectivity index (χ2v) is 10.2. The summed E-state index contributed by atoms with van der Waals surface area (Å²) in [5.74, 6) is 0.358. The molecule has 9 nitrogen and oxygen atoms in total. The van der Waals surface area contributed by atoms with Crippen LogP contribution in [0.25, 0.3) is 0 Å². The molecule has 1 aromatic heterocycles. The molecule has 9 heteroatoms. The van der Waals surface area contributed by atoms with E-state index in [0.717, 1.165) is 28.1 Å². The molecule has 1 heterocycles. The van der Waals surface area contributed by atoms with Gasteiger partial charge in [-0.2, -0.15) is 5.21 Å². The molecule has 0 atom stereocenters. The number of hydrogen-bond donors (Lipinski definition) is 3. The Bertz CT molecular complexity index is 1390. The van der Waals surface area contributed by atoms with Crippen LogP contribution in [-0.4, -0.2) is 32.6 Å². The van der Waals surface area contributed by atoms with Gasteiger partial charge in [-0.25, -0.2) is 4.79 Å². The Labute approximate surface area is 228 Å². The number of tetrazole rings is 1. The highest BCUT2D eigenvalue weighted by Crippen LogP contribution is 2.33. The van der Waals surface area contributed by atoms with Crippen molar-refractivity contribution >= 4 is 29.3 Å². The molecule has 1 fully saturated rings. The molecule has 3 amide bonds. The van der Waals surface area contributed by atoms with Crippen LogP contribution < -0.4 is 15.5 Å². The molecule has 0 unspecified atom stereocenters. The standard InChI is InChI=1S/C30H33N7O2/c1-20-16-21(2)18-26(17-20)31-30(39)37(27-14-12-24(13-15-27)23-6-4-3-5-7-23)19-22-8-10-25(11-9-22)28(38)32-29-33-35-36-34-29/h8-18,23H,3-7,19H2,1-2H3,(H,31,39)(H2,32,33,34,35,36,38). The van der Waals surface area contributed by atoms with E-state index >= 15 is 0 Å². The third kappa shape index (κ3) is 6.67. The zero-order chi connectivity index (χ0) is 27.2. The number of carbonyl (C=O) groups is 2. The van der Waals surface area contributed by atoms with Gasteiger partial charge in [0.2, 0.25) is 0 Å². The zero-order valence-corrected chi connectivity index (χ0v) is 22.3. The molecule has 1 aliphatic carbocycles. The van der Waals surface area contributed by atoms with Crippen LogP contribution in [0.5, 0.6) is 0 Å². The fraction of sp³-hybridized carbons (Fsp3) is 0.300. The maximum absolute atomic E-state index is 13.6. The lowest BCUT2D eigenvalue weighted by Gasteiger charge is -2.26. The van der Waals surface area contributed by atoms with E-state index in [-0.39, 0.29) is 17.9 Å². The van der Waals surface area contributed by atoms with Crippen LogP contribution in [0.15, 0.2) is 66.7 Å². The van der Waals surface area contributed by atoms with E-state index in [4.69, 9.17) is 0 Å². The topological polar surface area (TPSA) is 116 Å². The molecule has 0 spiro atoms. The SMILES string of the molecule is Cc1cc(C)cc(NC(=O)N(Cc2ccc(C(=O)Nc3nn[nH]n3)cc2)c2ccc(C3CCCCC3)cc2)c1. The number of aromatic amines is 1. The summed E-state index contributed by atoms with van der Waals surface area (Å²) in [6.45, 7) is 4.37. The van der Waals surface area contributed by atoms with Gasteiger partial charge in [-0.1, -0.05) is 54.7 Å². The van der Waals surface area contributed by atoms with Gasteiger partial charge in [-0.15, -0.1) is 5.10 Å². The molecule has 1 aliphatic rings. The van der Waals surface area contributed by atoms with E-state index in [2.05, 4.69) is 49.5 Å². The number of amides is 3. The van der Waals surface area contributed by atoms with Gasteiger partial charge in [0.1, 0.15) is 0 Å². The predicted octanol–water partition coefficient (Wildman–Crippen LogP) is 6.36. The van der Waals surface area contributed by atoms with Crippen LogP contribution in [-0.2, 0) is 6.54 Å². The number of urea groups is 1. The van der Waals surface area contributed by atoms with Crippen molar-refractivity contribution < 1.29 is 9.59 Å². The minimum Gasteiger partial charge on any atom is -0.308 e. The highest BCUT2D eigenvalue weighted by atomic mass is 16.2. The lowest BCUT2D eigenvalue weighted by molar-refractivity contribution is 0.102. The van der Waals surface area contributed by atoms with Crippen LogP contribution in [0.3, 0.4) is 0 Å². The second-order valence-electron chi connectivity index (χ2n) is 10.2. The molecule has 5 rings (SSSR count). The number of aromatic nitrogens is 4. The van der Waals surface area contributed by atoms with E-state index in [1.807, 2.05) is 50.2 Å². The Morgan fingerprint density at radius 3 is 2.23 bits per heavy atom. The summed E-state index contributed by atoms with van der Waals surface area (Å²) < 4.78 is 0. The number of rotatable bonds is 7. The van der Waals surface area contributed by atoms with E-state index in [1.165, 1.54) is 37.7 Å². The van der Waals surface area contributed by atoms with Gasteiger partial charge in [-0.05, 0) is 96.5 Å². The first-order valence-corrected chi connectivity index (χ1v) is 13.3. The molecule has 0 saturated heterocycles. The molecule has 0 aliphatic heterocycles. The molecule has 3 aromatic carbocycles.